The minimum Gasteiger partial charge on any atom is -0.480 e. The molecule has 1 heterocycles. The van der Waals surface area contributed by atoms with Crippen LogP contribution in [0.5, 0.6) is 0 Å². The maximum absolute atomic E-state index is 14.9. The SMILES string of the molecule is CC[C@H](C)[C@H](NC(=O)[C@H](CC(C)C)NC(=O)[C@@H](NC(=O)[C@H](CCCN=C(N)N)NC(=O)[C@H](Cc1ccccc1)NC(=O)[C@@H](NC(=O)[C@@H](NC(=O)[C@@H](N)CC(C)C)[C@@H](C)CC)[C@@H](C)CC)[C@@H](C)CC)C(=O)N[C@@H](CO)C(=O)N[C@@H](Cc1cnc[nH]1)C(=O)N[C@@H](CCCN=C(N)N)C(=O)N[C@@H](CCCN=C(N)N)C(=O)O. The summed E-state index contributed by atoms with van der Waals surface area (Å²) in [6.45, 7) is 20.5. The van der Waals surface area contributed by atoms with Crippen LogP contribution in [0, 0.1) is 35.5 Å². The van der Waals surface area contributed by atoms with Crippen LogP contribution in [0.2, 0.25) is 0 Å². The molecule has 0 aliphatic carbocycles. The summed E-state index contributed by atoms with van der Waals surface area (Å²) in [4.78, 5) is 189. The lowest BCUT2D eigenvalue weighted by Crippen LogP contribution is -2.62. The number of imidazole rings is 1. The molecule has 0 fully saturated rings. The number of carbonyl (C=O) groups is 12. The van der Waals surface area contributed by atoms with Gasteiger partial charge in [0.1, 0.15) is 66.5 Å². The van der Waals surface area contributed by atoms with Crippen LogP contribution in [-0.2, 0) is 70.4 Å². The molecule has 2 aromatic rings. The number of aromatic amines is 1. The van der Waals surface area contributed by atoms with Gasteiger partial charge in [0.15, 0.2) is 17.9 Å². The van der Waals surface area contributed by atoms with Crippen LogP contribution in [-0.4, -0.2) is 208 Å². The molecule has 0 unspecified atom stereocenters. The van der Waals surface area contributed by atoms with Gasteiger partial charge < -0.3 is 114 Å². The molecule has 11 amide bonds. The Balaban J connectivity index is 2.57. The number of nitrogens with one attached hydrogen (secondary N) is 12. The number of aliphatic hydroxyl groups excluding tert-OH is 1. The van der Waals surface area contributed by atoms with Gasteiger partial charge in [-0.15, -0.1) is 0 Å². The maximum atomic E-state index is 14.9. The molecular weight excluding hydrogens is 1410 g/mol. The van der Waals surface area contributed by atoms with Crippen LogP contribution >= 0.6 is 0 Å². The Kier molecular flexibility index (Phi) is 43.3. The molecule has 0 aliphatic heterocycles. The quantitative estimate of drug-likeness (QED) is 0.0183. The van der Waals surface area contributed by atoms with Crippen molar-refractivity contribution in [2.75, 3.05) is 26.2 Å². The third kappa shape index (κ3) is 35.1. The van der Waals surface area contributed by atoms with Gasteiger partial charge in [0.05, 0.1) is 19.0 Å². The van der Waals surface area contributed by atoms with Crippen LogP contribution in [0.3, 0.4) is 0 Å². The lowest BCUT2D eigenvalue weighted by Gasteiger charge is -2.31. The molecule has 0 aliphatic rings. The molecular formula is C72H125N23O14. The summed E-state index contributed by atoms with van der Waals surface area (Å²) >= 11 is 0. The van der Waals surface area contributed by atoms with Crippen molar-refractivity contribution in [2.24, 2.45) is 90.6 Å². The van der Waals surface area contributed by atoms with Crippen LogP contribution < -0.4 is 98.6 Å². The van der Waals surface area contributed by atoms with Gasteiger partial charge >= 0.3 is 5.97 Å². The van der Waals surface area contributed by atoms with Crippen molar-refractivity contribution in [2.45, 2.75) is 245 Å². The normalized spacial score (nSPS) is 15.6. The first kappa shape index (κ1) is 94.9. The van der Waals surface area contributed by atoms with Crippen molar-refractivity contribution in [3.63, 3.8) is 0 Å². The lowest BCUT2D eigenvalue weighted by molar-refractivity contribution is -0.142. The standard InChI is InChI=1S/C72H125N23O14/c1-13-40(9)54(93-60(99)48(26-21-29-82-71(76)77)86-61(100)51(33-44-23-18-17-19-24-44)90-66(105)56(42(11)15-3)95-68(107)57(43(12)16-4)92-58(97)46(73)31-38(5)6)65(104)89-50(32-39(7)8)63(102)94-55(41(10)14-2)67(106)91-53(36-96)64(103)88-52(34-45-35-80-37-84-45)62(101)85-47(25-20-28-81-70(74)75)59(98)87-49(69(108)109)27-22-30-83-72(78)79/h17-19,23-24,35,37-43,46-57,96H,13-16,20-22,25-34,36,73H2,1-12H3,(H,80,84)(H,85,101)(H,86,100)(H,87,98)(H,88,103)(H,89,104)(H,90,105)(H,91,106)(H,92,97)(H,93,99)(H,94,102)(H,95,107)(H,108,109)(H4,74,75,81)(H4,76,77,82)(H4,78,79,83)/t40-,41-,42-,43-,46-,47-,48-,49-,50-,51-,52-,53-,54-,55-,56-,57-/m0/s1. The predicted octanol–water partition coefficient (Wildman–Crippen LogP) is -2.63. The van der Waals surface area contributed by atoms with Gasteiger partial charge in [-0.3, -0.25) is 67.7 Å². The zero-order valence-corrected chi connectivity index (χ0v) is 65.3. The Morgan fingerprint density at radius 2 is 0.734 bits per heavy atom. The highest BCUT2D eigenvalue weighted by Crippen LogP contribution is 2.18. The van der Waals surface area contributed by atoms with Crippen molar-refractivity contribution < 1.29 is 67.7 Å². The molecule has 612 valence electrons. The number of hydrogen-bond acceptors (Lipinski definition) is 18. The van der Waals surface area contributed by atoms with Gasteiger partial charge in [0, 0.05) is 44.4 Å². The number of H-pyrrole nitrogens is 1. The number of aliphatic hydroxyl groups is 1. The minimum atomic E-state index is -1.78. The Hall–Kier alpha value is -10.2. The van der Waals surface area contributed by atoms with Gasteiger partial charge in [0.2, 0.25) is 65.0 Å². The summed E-state index contributed by atoms with van der Waals surface area (Å²) in [6.07, 6.45) is 4.16. The van der Waals surface area contributed by atoms with Crippen molar-refractivity contribution in [1.82, 2.24) is 68.5 Å². The number of carboxylic acids is 1. The number of benzene rings is 1. The van der Waals surface area contributed by atoms with Crippen LogP contribution in [0.1, 0.15) is 171 Å². The van der Waals surface area contributed by atoms with E-state index in [0.717, 1.165) is 0 Å². The highest BCUT2D eigenvalue weighted by atomic mass is 16.4. The Labute approximate surface area is 639 Å². The Bertz CT molecular complexity index is 3310. The molecule has 0 spiro atoms. The number of hydrogen-bond donors (Lipinski definition) is 21. The fourth-order valence-electron chi connectivity index (χ4n) is 11.4. The molecule has 37 heteroatoms. The summed E-state index contributed by atoms with van der Waals surface area (Å²) in [5.41, 5.74) is 40.2. The van der Waals surface area contributed by atoms with Crippen LogP contribution in [0.25, 0.3) is 0 Å². The average Bonchev–Trinajstić information content (AvgIpc) is 0.996. The molecule has 2 rings (SSSR count). The van der Waals surface area contributed by atoms with Gasteiger partial charge in [0.25, 0.3) is 0 Å². The highest BCUT2D eigenvalue weighted by Gasteiger charge is 2.40. The van der Waals surface area contributed by atoms with Gasteiger partial charge in [-0.1, -0.05) is 139 Å². The van der Waals surface area contributed by atoms with E-state index in [4.69, 9.17) is 40.1 Å². The summed E-state index contributed by atoms with van der Waals surface area (Å²) in [5, 5.41) is 50.3. The largest absolute Gasteiger partial charge is 0.480 e. The molecule has 0 saturated heterocycles. The number of nitrogens with zero attached hydrogens (tertiary/aromatic N) is 4. The third-order valence-electron chi connectivity index (χ3n) is 18.6. The minimum absolute atomic E-state index is 0.00358. The summed E-state index contributed by atoms with van der Waals surface area (Å²) in [7, 11) is 0. The highest BCUT2D eigenvalue weighted by molar-refractivity contribution is 6.00. The van der Waals surface area contributed by atoms with E-state index < -0.39 is 168 Å². The predicted molar refractivity (Wildman–Crippen MR) is 413 cm³/mol. The number of amides is 11. The third-order valence-corrected chi connectivity index (χ3v) is 18.6. The average molecular weight is 1540 g/mol. The monoisotopic (exact) mass is 1540 g/mol. The lowest BCUT2D eigenvalue weighted by atomic mass is 9.94. The van der Waals surface area contributed by atoms with E-state index >= 15 is 0 Å². The summed E-state index contributed by atoms with van der Waals surface area (Å²) in [6, 6.07) is -7.62. The van der Waals surface area contributed by atoms with Gasteiger partial charge in [-0.05, 0) is 92.4 Å². The first-order chi connectivity index (χ1) is 51.4. The molecule has 1 aromatic heterocycles. The number of nitrogens with two attached hydrogens (primary N) is 7. The number of rotatable bonds is 52. The molecule has 109 heavy (non-hydrogen) atoms. The molecule has 28 N–H and O–H groups in total. The van der Waals surface area contributed by atoms with Gasteiger partial charge in [-0.25, -0.2) is 9.78 Å². The first-order valence-corrected chi connectivity index (χ1v) is 37.5. The van der Waals surface area contributed by atoms with Crippen LogP contribution in [0.15, 0.2) is 57.8 Å². The van der Waals surface area contributed by atoms with E-state index in [0.29, 0.717) is 36.9 Å². The molecule has 0 bridgehead atoms. The van der Waals surface area contributed by atoms with E-state index in [9.17, 15) is 67.7 Å². The number of carbonyl (C=O) groups excluding carboxylic acids is 11. The molecule has 1 aromatic carbocycles. The zero-order chi connectivity index (χ0) is 82.2. The number of aliphatic imine (C=N–C) groups is 3. The van der Waals surface area contributed by atoms with E-state index in [1.165, 1.54) is 12.5 Å². The van der Waals surface area contributed by atoms with Crippen LogP contribution in [0.4, 0.5) is 0 Å². The maximum Gasteiger partial charge on any atom is 0.326 e. The smallest absolute Gasteiger partial charge is 0.326 e. The Morgan fingerprint density at radius 1 is 0.413 bits per heavy atom. The second-order valence-corrected chi connectivity index (χ2v) is 28.6. The second kappa shape index (κ2) is 49.7. The zero-order valence-electron chi connectivity index (χ0n) is 65.3. The number of guanidine groups is 3. The number of aliphatic carboxylic acids is 1. The number of aromatic nitrogens is 2. The van der Waals surface area contributed by atoms with E-state index in [-0.39, 0.29) is 119 Å². The van der Waals surface area contributed by atoms with E-state index in [2.05, 4.69) is 83.4 Å². The van der Waals surface area contributed by atoms with E-state index in [1.54, 1.807) is 85.7 Å². The van der Waals surface area contributed by atoms with Gasteiger partial charge in [-0.2, -0.15) is 0 Å². The fourth-order valence-corrected chi connectivity index (χ4v) is 11.4. The number of carboxylic acid groups (broad SMARTS) is 1. The molecule has 16 atom stereocenters. The van der Waals surface area contributed by atoms with Crippen molar-refractivity contribution >= 4 is 88.8 Å². The van der Waals surface area contributed by atoms with Crippen molar-refractivity contribution in [3.8, 4) is 0 Å². The summed E-state index contributed by atoms with van der Waals surface area (Å²) in [5.74, 6) is -13.6. The first-order valence-electron chi connectivity index (χ1n) is 37.5. The fraction of sp³-hybridized carbons (Fsp3) is 0.667. The van der Waals surface area contributed by atoms with E-state index in [1.807, 2.05) is 27.7 Å². The van der Waals surface area contributed by atoms with Crippen molar-refractivity contribution in [1.29, 1.82) is 0 Å². The topological polar surface area (TPSA) is 626 Å². The Morgan fingerprint density at radius 3 is 1.12 bits per heavy atom. The molecule has 37 nitrogen and oxygen atoms in total. The second-order valence-electron chi connectivity index (χ2n) is 28.6. The molecule has 0 radical (unpaired) electrons. The summed E-state index contributed by atoms with van der Waals surface area (Å²) < 4.78 is 0. The molecule has 0 saturated carbocycles. The van der Waals surface area contributed by atoms with Crippen molar-refractivity contribution in [3.05, 3.63) is 54.1 Å².